The number of carbonyl (C=O) groups is 1. The van der Waals surface area contributed by atoms with Gasteiger partial charge in [-0.1, -0.05) is 26.8 Å². The number of nitrogens with zero attached hydrogens (tertiary/aromatic N) is 3. The number of amides is 2. The molecule has 2 saturated heterocycles. The van der Waals surface area contributed by atoms with Crippen LogP contribution in [0.5, 0.6) is 0 Å². The first-order chi connectivity index (χ1) is 16.5. The van der Waals surface area contributed by atoms with Crippen molar-refractivity contribution in [2.24, 2.45) is 11.8 Å². The average molecular weight is 471 g/mol. The van der Waals surface area contributed by atoms with Gasteiger partial charge in [-0.15, -0.1) is 0 Å². The number of piperidine rings is 1. The zero-order valence-corrected chi connectivity index (χ0v) is 21.7. The summed E-state index contributed by atoms with van der Waals surface area (Å²) in [4.78, 5) is 19.7. The monoisotopic (exact) mass is 470 g/mol. The Morgan fingerprint density at radius 2 is 1.82 bits per heavy atom. The van der Waals surface area contributed by atoms with Crippen molar-refractivity contribution in [3.63, 3.8) is 0 Å². The summed E-state index contributed by atoms with van der Waals surface area (Å²) in [6.07, 6.45) is 7.08. The van der Waals surface area contributed by atoms with Gasteiger partial charge in [0.2, 0.25) is 0 Å². The maximum absolute atomic E-state index is 12.8. The fourth-order valence-electron chi connectivity index (χ4n) is 5.78. The quantitative estimate of drug-likeness (QED) is 0.608. The number of hydrogen-bond acceptors (Lipinski definition) is 4. The average Bonchev–Trinajstić information content (AvgIpc) is 2.87. The van der Waals surface area contributed by atoms with Crippen molar-refractivity contribution < 1.29 is 9.53 Å². The number of fused-ring (bicyclic) bond motifs is 1. The van der Waals surface area contributed by atoms with Crippen molar-refractivity contribution in [3.8, 4) is 0 Å². The Balaban J connectivity index is 1.31. The second-order valence-corrected chi connectivity index (χ2v) is 11.0. The molecule has 1 atom stereocenters. The summed E-state index contributed by atoms with van der Waals surface area (Å²) in [5.41, 5.74) is 4.35. The lowest BCUT2D eigenvalue weighted by molar-refractivity contribution is 0.0383. The molecule has 2 aliphatic heterocycles. The summed E-state index contributed by atoms with van der Waals surface area (Å²) in [5, 5.41) is 3.61. The molecule has 1 aromatic carbocycles. The van der Waals surface area contributed by atoms with E-state index in [0.29, 0.717) is 31.1 Å². The van der Waals surface area contributed by atoms with E-state index in [-0.39, 0.29) is 6.03 Å². The van der Waals surface area contributed by atoms with Crippen LogP contribution in [0.15, 0.2) is 18.2 Å². The van der Waals surface area contributed by atoms with Crippen LogP contribution in [0.4, 0.5) is 10.5 Å². The minimum absolute atomic E-state index is 0.220. The van der Waals surface area contributed by atoms with Gasteiger partial charge in [0, 0.05) is 51.0 Å². The van der Waals surface area contributed by atoms with Crippen LogP contribution in [0.3, 0.4) is 0 Å². The van der Waals surface area contributed by atoms with E-state index < -0.39 is 0 Å². The van der Waals surface area contributed by atoms with E-state index in [4.69, 9.17) is 4.74 Å². The molecule has 0 radical (unpaired) electrons. The summed E-state index contributed by atoms with van der Waals surface area (Å²) >= 11 is 0. The molecule has 1 aromatic rings. The number of morpholine rings is 1. The molecule has 6 heteroatoms. The van der Waals surface area contributed by atoms with Crippen molar-refractivity contribution in [3.05, 3.63) is 29.3 Å². The lowest BCUT2D eigenvalue weighted by Gasteiger charge is -2.41. The fourth-order valence-corrected chi connectivity index (χ4v) is 5.78. The van der Waals surface area contributed by atoms with Gasteiger partial charge in [-0.25, -0.2) is 4.79 Å². The number of rotatable bonds is 8. The zero-order chi connectivity index (χ0) is 23.9. The van der Waals surface area contributed by atoms with Gasteiger partial charge in [0.1, 0.15) is 0 Å². The topological polar surface area (TPSA) is 48.0 Å². The summed E-state index contributed by atoms with van der Waals surface area (Å²) < 4.78 is 5.41. The van der Waals surface area contributed by atoms with Crippen LogP contribution < -0.4 is 5.32 Å². The highest BCUT2D eigenvalue weighted by Crippen LogP contribution is 2.29. The van der Waals surface area contributed by atoms with Gasteiger partial charge in [-0.2, -0.15) is 0 Å². The predicted octanol–water partition coefficient (Wildman–Crippen LogP) is 4.49. The van der Waals surface area contributed by atoms with E-state index in [1.807, 2.05) is 4.90 Å². The molecule has 190 valence electrons. The molecule has 2 amide bonds. The Bertz CT molecular complexity index is 785. The molecule has 0 saturated carbocycles. The van der Waals surface area contributed by atoms with Crippen LogP contribution in [0.2, 0.25) is 0 Å². The molecular formula is C28H46N4O2. The van der Waals surface area contributed by atoms with Crippen molar-refractivity contribution in [1.29, 1.82) is 0 Å². The molecular weight excluding hydrogens is 424 g/mol. The van der Waals surface area contributed by atoms with Crippen LogP contribution in [0.25, 0.3) is 0 Å². The van der Waals surface area contributed by atoms with Crippen LogP contribution in [-0.4, -0.2) is 85.8 Å². The number of anilines is 1. The van der Waals surface area contributed by atoms with Gasteiger partial charge in [0.25, 0.3) is 0 Å². The molecule has 1 aliphatic carbocycles. The van der Waals surface area contributed by atoms with Crippen molar-refractivity contribution in [2.75, 3.05) is 64.3 Å². The first-order valence-corrected chi connectivity index (χ1v) is 13.7. The number of ether oxygens (including phenoxy) is 1. The van der Waals surface area contributed by atoms with Gasteiger partial charge in [-0.05, 0) is 80.2 Å². The molecule has 1 unspecified atom stereocenters. The molecule has 0 aromatic heterocycles. The third-order valence-electron chi connectivity index (χ3n) is 7.81. The smallest absolute Gasteiger partial charge is 0.320 e. The van der Waals surface area contributed by atoms with Gasteiger partial charge >= 0.3 is 6.03 Å². The molecule has 1 N–H and O–H groups in total. The lowest BCUT2D eigenvalue weighted by atomic mass is 9.86. The highest BCUT2D eigenvalue weighted by molar-refractivity contribution is 5.74. The number of hydrogen-bond donors (Lipinski definition) is 1. The number of benzene rings is 1. The summed E-state index contributed by atoms with van der Waals surface area (Å²) in [5.74, 6) is 1.35. The standard InChI is InChI=1S/C28H46N4O2/c1-4-11-32(21-23-9-12-30(13-10-23)28(33)31-14-16-34-17-15-31)27-8-6-24-5-7-26(18-25(24)19-27)29-20-22(2)3/h5,7,18,22-23,27,29H,4,6,8-17,19-21H2,1-3H3. The second kappa shape index (κ2) is 12.3. The second-order valence-electron chi connectivity index (χ2n) is 11.0. The van der Waals surface area contributed by atoms with Gasteiger partial charge in [-0.3, -0.25) is 4.90 Å². The van der Waals surface area contributed by atoms with Crippen molar-refractivity contribution in [1.82, 2.24) is 14.7 Å². The Morgan fingerprint density at radius 1 is 1.09 bits per heavy atom. The Hall–Kier alpha value is -1.79. The van der Waals surface area contributed by atoms with Crippen LogP contribution in [-0.2, 0) is 17.6 Å². The molecule has 3 aliphatic rings. The third-order valence-corrected chi connectivity index (χ3v) is 7.81. The molecule has 2 heterocycles. The summed E-state index contributed by atoms with van der Waals surface area (Å²) in [7, 11) is 0. The van der Waals surface area contributed by atoms with E-state index >= 15 is 0 Å². The molecule has 4 rings (SSSR count). The van der Waals surface area contributed by atoms with E-state index in [1.54, 1.807) is 0 Å². The van der Waals surface area contributed by atoms with Gasteiger partial charge in [0.15, 0.2) is 0 Å². The Morgan fingerprint density at radius 3 is 2.53 bits per heavy atom. The van der Waals surface area contributed by atoms with E-state index in [9.17, 15) is 4.79 Å². The Kier molecular flexibility index (Phi) is 9.12. The number of nitrogens with one attached hydrogen (secondary N) is 1. The highest BCUT2D eigenvalue weighted by atomic mass is 16.5. The van der Waals surface area contributed by atoms with Crippen molar-refractivity contribution >= 4 is 11.7 Å². The minimum atomic E-state index is 0.220. The lowest BCUT2D eigenvalue weighted by Crippen LogP contribution is -2.51. The van der Waals surface area contributed by atoms with E-state index in [1.165, 1.54) is 55.6 Å². The normalized spacial score (nSPS) is 21.7. The molecule has 0 spiro atoms. The summed E-state index contributed by atoms with van der Waals surface area (Å²) in [6.45, 7) is 14.8. The highest BCUT2D eigenvalue weighted by Gasteiger charge is 2.30. The SMILES string of the molecule is CCCN(CC1CCN(C(=O)N2CCOCC2)CC1)C1CCc2ccc(NCC(C)C)cc2C1. The van der Waals surface area contributed by atoms with Gasteiger partial charge < -0.3 is 19.9 Å². The maximum Gasteiger partial charge on any atom is 0.320 e. The number of aryl methyl sites for hydroxylation is 1. The maximum atomic E-state index is 12.8. The zero-order valence-electron chi connectivity index (χ0n) is 21.7. The number of carbonyl (C=O) groups excluding carboxylic acids is 1. The molecule has 0 bridgehead atoms. The molecule has 6 nitrogen and oxygen atoms in total. The third kappa shape index (κ3) is 6.66. The first kappa shape index (κ1) is 25.3. The van der Waals surface area contributed by atoms with E-state index in [2.05, 4.69) is 54.1 Å². The van der Waals surface area contributed by atoms with Crippen LogP contribution >= 0.6 is 0 Å². The molecule has 34 heavy (non-hydrogen) atoms. The Labute approximate surface area is 207 Å². The number of urea groups is 1. The largest absolute Gasteiger partial charge is 0.385 e. The summed E-state index contributed by atoms with van der Waals surface area (Å²) in [6, 6.07) is 7.87. The fraction of sp³-hybridized carbons (Fsp3) is 0.750. The van der Waals surface area contributed by atoms with Crippen LogP contribution in [0.1, 0.15) is 57.6 Å². The predicted molar refractivity (Wildman–Crippen MR) is 140 cm³/mol. The van der Waals surface area contributed by atoms with Crippen molar-refractivity contribution in [2.45, 2.75) is 65.3 Å². The number of likely N-dealkylation sites (tertiary alicyclic amines) is 1. The van der Waals surface area contributed by atoms with E-state index in [0.717, 1.165) is 45.6 Å². The van der Waals surface area contributed by atoms with Gasteiger partial charge in [0.05, 0.1) is 13.2 Å². The van der Waals surface area contributed by atoms with Crippen LogP contribution in [0, 0.1) is 11.8 Å². The minimum Gasteiger partial charge on any atom is -0.385 e. The first-order valence-electron chi connectivity index (χ1n) is 13.7. The molecule has 2 fully saturated rings.